The average molecular weight is 1780 g/mol. The largest absolute Gasteiger partial charge is 0.456 e. The number of fused-ring (bicyclic) bond motifs is 5. The first-order valence-corrected chi connectivity index (χ1v) is 48.0. The normalized spacial score (nSPS) is 12.3. The van der Waals surface area contributed by atoms with Crippen molar-refractivity contribution in [2.75, 3.05) is 200 Å². The van der Waals surface area contributed by atoms with Crippen molar-refractivity contribution >= 4 is 89.7 Å². The van der Waals surface area contributed by atoms with Crippen molar-refractivity contribution in [2.45, 2.75) is 134 Å². The van der Waals surface area contributed by atoms with Crippen LogP contribution >= 0.6 is 0 Å². The molecule has 18 heteroatoms. The van der Waals surface area contributed by atoms with Gasteiger partial charge in [0, 0.05) is 0 Å². The van der Waals surface area contributed by atoms with Crippen LogP contribution in [0.4, 0.5) is 0 Å². The van der Waals surface area contributed by atoms with E-state index in [9.17, 15) is 28.8 Å². The molecule has 0 spiro atoms. The first kappa shape index (κ1) is 108. The second-order valence-corrected chi connectivity index (χ2v) is 36.2. The molecule has 2 atom stereocenters. The Morgan fingerprint density at radius 3 is 0.746 bits per heavy atom. The summed E-state index contributed by atoms with van der Waals surface area (Å²) in [5.41, 5.74) is 3.78. The summed E-state index contributed by atoms with van der Waals surface area (Å²) in [4.78, 5) is 73.0. The molecule has 18 nitrogen and oxygen atoms in total. The maximum atomic E-state index is 12.4. The lowest BCUT2D eigenvalue weighted by molar-refractivity contribution is -0.926. The van der Waals surface area contributed by atoms with Gasteiger partial charge in [-0.3, -0.25) is 0 Å². The van der Waals surface area contributed by atoms with E-state index in [1.54, 1.807) is 12.1 Å². The molecular formula is C112H158N6O12+6. The van der Waals surface area contributed by atoms with Crippen molar-refractivity contribution < 1.29 is 84.1 Å². The maximum Gasteiger partial charge on any atom is 0.338 e. The van der Waals surface area contributed by atoms with Crippen molar-refractivity contribution in [1.82, 2.24) is 0 Å². The molecule has 0 N–H and O–H groups in total. The van der Waals surface area contributed by atoms with E-state index in [1.807, 2.05) is 224 Å². The zero-order valence-electron chi connectivity index (χ0n) is 82.3. The van der Waals surface area contributed by atoms with Gasteiger partial charge in [0.05, 0.1) is 154 Å². The highest BCUT2D eigenvalue weighted by Crippen LogP contribution is 2.25. The molecule has 0 bridgehead atoms. The molecule has 0 radical (unpaired) electrons. The standard InChI is InChI=1S/C22H32NO2.C21H30NO2.C19H26NO2.C18H30NO2.2C16H20NO2/c1-4-7-15-23(6-3,14-5-2)16-17-25-22(24)21-13-12-19-10-8-9-11-20(19)18-21;1-4-13-22(6-3,14-5-2)15-16-24-21(23)20-12-11-18-9-7-8-10-19(18)17-20;1-4-20(5-2,6-3)13-14-22-19(21)18-12-11-16-9-7-8-10-17(16)15-18;1-4-7-14-19(6-3,13-5-2)15-16-21-18(20)17-11-9-8-10-12-17;1-17(2,3)11-12-19-16(18)15-10-6-8-13-7-4-5-9-14(13)15;1-17(2,3)10-11-19-16(18)15-9-8-13-6-4-5-7-14(13)12-15/h8-13,18H,4-7,14-17H2,1-3H3;7-12,17H,4-6,13-16H2,1-3H3;7-12,15H,4-6,13-14H2,1-3H3;8-12H,4-7,13-16H2,1-3H3;4-10H,11-12H2,1-3H3;4-9,12H,10-11H2,1-3H3/q6*+1. The van der Waals surface area contributed by atoms with Crippen LogP contribution in [0.5, 0.6) is 0 Å². The van der Waals surface area contributed by atoms with E-state index >= 15 is 0 Å². The molecule has 0 aliphatic heterocycles. The van der Waals surface area contributed by atoms with Gasteiger partial charge in [0.25, 0.3) is 0 Å². The number of unbranched alkanes of at least 4 members (excludes halogenated alkanes) is 2. The molecule has 0 fully saturated rings. The van der Waals surface area contributed by atoms with Gasteiger partial charge >= 0.3 is 35.8 Å². The number of likely N-dealkylation sites (N-methyl/N-ethyl adjacent to an activating group) is 6. The molecule has 0 aliphatic rings. The van der Waals surface area contributed by atoms with E-state index in [-0.39, 0.29) is 35.8 Å². The van der Waals surface area contributed by atoms with Crippen LogP contribution in [0.25, 0.3) is 53.9 Å². The minimum Gasteiger partial charge on any atom is -0.456 e. The first-order valence-electron chi connectivity index (χ1n) is 48.0. The summed E-state index contributed by atoms with van der Waals surface area (Å²) in [5, 5.41) is 10.8. The Hall–Kier alpha value is -10.7. The summed E-state index contributed by atoms with van der Waals surface area (Å²) in [7, 11) is 12.4. The molecule has 11 aromatic carbocycles. The zero-order chi connectivity index (χ0) is 94.9. The number of hydrogen-bond acceptors (Lipinski definition) is 12. The lowest BCUT2D eigenvalue weighted by Gasteiger charge is -2.37. The molecule has 11 rings (SSSR count). The van der Waals surface area contributed by atoms with Gasteiger partial charge in [0.15, 0.2) is 0 Å². The average Bonchev–Trinajstić information content (AvgIpc) is 0.841. The molecule has 0 aromatic heterocycles. The summed E-state index contributed by atoms with van der Waals surface area (Å²) in [5.74, 6) is -1.37. The Morgan fingerprint density at radius 1 is 0.208 bits per heavy atom. The van der Waals surface area contributed by atoms with Gasteiger partial charge < -0.3 is 55.3 Å². The topological polar surface area (TPSA) is 158 Å². The van der Waals surface area contributed by atoms with E-state index < -0.39 is 0 Å². The number of nitrogens with zero attached hydrogens (tertiary/aromatic N) is 6. The van der Waals surface area contributed by atoms with Crippen LogP contribution in [0.2, 0.25) is 0 Å². The number of carbonyl (C=O) groups is 6. The van der Waals surface area contributed by atoms with Crippen molar-refractivity contribution in [3.63, 3.8) is 0 Å². The molecule has 702 valence electrons. The Bertz CT molecular complexity index is 5190. The maximum absolute atomic E-state index is 12.4. The fraction of sp³-hybridized carbons (Fsp3) is 0.446. The number of carbonyl (C=O) groups excluding carboxylic acids is 6. The Balaban J connectivity index is 0.000000241. The first-order chi connectivity index (χ1) is 62.5. The van der Waals surface area contributed by atoms with Crippen LogP contribution in [0.1, 0.15) is 197 Å². The summed E-state index contributed by atoms with van der Waals surface area (Å²) in [6.07, 6.45) is 9.54. The fourth-order valence-corrected chi connectivity index (χ4v) is 16.3. The Labute approximate surface area is 779 Å². The number of benzene rings is 11. The third-order valence-electron chi connectivity index (χ3n) is 24.9. The fourth-order valence-electron chi connectivity index (χ4n) is 16.3. The summed E-state index contributed by atoms with van der Waals surface area (Å²) in [6, 6.07) is 77.8. The predicted octanol–water partition coefficient (Wildman–Crippen LogP) is 22.9. The second-order valence-electron chi connectivity index (χ2n) is 36.2. The summed E-state index contributed by atoms with van der Waals surface area (Å²) in [6.45, 7) is 48.2. The van der Waals surface area contributed by atoms with Gasteiger partial charge in [-0.15, -0.1) is 0 Å². The summed E-state index contributed by atoms with van der Waals surface area (Å²) >= 11 is 0. The molecule has 11 aromatic rings. The number of rotatable bonds is 44. The van der Waals surface area contributed by atoms with Crippen LogP contribution in [0.15, 0.2) is 243 Å². The Morgan fingerprint density at radius 2 is 0.454 bits per heavy atom. The smallest absolute Gasteiger partial charge is 0.338 e. The van der Waals surface area contributed by atoms with E-state index in [2.05, 4.69) is 131 Å². The zero-order valence-corrected chi connectivity index (χ0v) is 82.3. The molecule has 130 heavy (non-hydrogen) atoms. The molecular weight excluding hydrogens is 1620 g/mol. The number of quaternary nitrogens is 6. The highest BCUT2D eigenvalue weighted by molar-refractivity contribution is 6.05. The minimum atomic E-state index is -0.251. The SMILES string of the molecule is CCCC[N+](CC)(CCC)CCOC(=O)c1ccc2ccccc2c1.CCCC[N+](CC)(CCC)CCOC(=O)c1ccccc1.CCC[N+](CC)(CCC)CCOC(=O)c1ccc2ccccc2c1.CC[N+](CC)(CC)CCOC(=O)c1ccc2ccccc2c1.C[N+](C)(C)CCOC(=O)c1ccc2ccccc2c1.C[N+](C)(C)CCOC(=O)c1cccc2ccccc12. The van der Waals surface area contributed by atoms with Crippen LogP contribution in [0.3, 0.4) is 0 Å². The minimum absolute atomic E-state index is 0.211. The van der Waals surface area contributed by atoms with Crippen LogP contribution < -0.4 is 0 Å². The quantitative estimate of drug-likeness (QED) is 0.0202. The van der Waals surface area contributed by atoms with E-state index in [1.165, 1.54) is 51.7 Å². The van der Waals surface area contributed by atoms with Gasteiger partial charge in [-0.2, -0.15) is 0 Å². The van der Waals surface area contributed by atoms with Gasteiger partial charge in [0.2, 0.25) is 0 Å². The predicted molar refractivity (Wildman–Crippen MR) is 538 cm³/mol. The molecule has 2 unspecified atom stereocenters. The monoisotopic (exact) mass is 1780 g/mol. The van der Waals surface area contributed by atoms with Gasteiger partial charge in [-0.25, -0.2) is 28.8 Å². The highest BCUT2D eigenvalue weighted by Gasteiger charge is 2.29. The number of hydrogen-bond donors (Lipinski definition) is 0. The van der Waals surface area contributed by atoms with Crippen molar-refractivity contribution in [1.29, 1.82) is 0 Å². The van der Waals surface area contributed by atoms with Gasteiger partial charge in [-0.05, 0) is 201 Å². The lowest BCUT2D eigenvalue weighted by atomic mass is 10.1. The van der Waals surface area contributed by atoms with Crippen molar-refractivity contribution in [3.05, 3.63) is 276 Å². The van der Waals surface area contributed by atoms with Gasteiger partial charge in [0.1, 0.15) is 78.9 Å². The summed E-state index contributed by atoms with van der Waals surface area (Å²) < 4.78 is 38.5. The molecule has 0 saturated heterocycles. The van der Waals surface area contributed by atoms with Crippen LogP contribution in [0, 0.1) is 0 Å². The molecule has 0 heterocycles. The molecule has 0 amide bonds. The lowest BCUT2D eigenvalue weighted by Crippen LogP contribution is -2.51. The molecule has 0 saturated carbocycles. The van der Waals surface area contributed by atoms with Gasteiger partial charge in [-0.1, -0.05) is 230 Å². The van der Waals surface area contributed by atoms with Crippen molar-refractivity contribution in [3.8, 4) is 0 Å². The van der Waals surface area contributed by atoms with E-state index in [4.69, 9.17) is 28.4 Å². The third-order valence-corrected chi connectivity index (χ3v) is 24.9. The number of esters is 6. The molecule has 0 aliphatic carbocycles. The van der Waals surface area contributed by atoms with E-state index in [0.717, 1.165) is 198 Å². The third kappa shape index (κ3) is 36.6. The second kappa shape index (κ2) is 56.8. The van der Waals surface area contributed by atoms with Crippen LogP contribution in [-0.2, 0) is 28.4 Å². The number of ether oxygens (including phenoxy) is 6. The van der Waals surface area contributed by atoms with Crippen molar-refractivity contribution in [2.24, 2.45) is 0 Å². The van der Waals surface area contributed by atoms with Crippen LogP contribution in [-0.4, -0.2) is 262 Å². The Kier molecular flexibility index (Phi) is 47.2. The highest BCUT2D eigenvalue weighted by atomic mass is 16.6. The van der Waals surface area contributed by atoms with E-state index in [0.29, 0.717) is 73.0 Å².